The molecule has 1 atom stereocenters. The molecule has 4 rings (SSSR count). The van der Waals surface area contributed by atoms with Crippen LogP contribution in [0.4, 0.5) is 10.2 Å². The lowest BCUT2D eigenvalue weighted by atomic mass is 10.1. The topological polar surface area (TPSA) is 54.0 Å². The van der Waals surface area contributed by atoms with E-state index >= 15 is 0 Å². The van der Waals surface area contributed by atoms with E-state index in [-0.39, 0.29) is 6.04 Å². The molecule has 1 aliphatic rings. The molecule has 0 amide bonds. The number of aromatic amines is 1. The molecule has 1 saturated heterocycles. The molecular formula is C18H19FN4O. The Morgan fingerprint density at radius 3 is 3.08 bits per heavy atom. The van der Waals surface area contributed by atoms with Crippen LogP contribution in [-0.2, 0) is 4.74 Å². The fourth-order valence-corrected chi connectivity index (χ4v) is 3.24. The second-order valence-electron chi connectivity index (χ2n) is 6.23. The number of hydrogen-bond donors (Lipinski definition) is 1. The van der Waals surface area contributed by atoms with Crippen molar-refractivity contribution in [2.24, 2.45) is 0 Å². The normalized spacial score (nSPS) is 18.3. The summed E-state index contributed by atoms with van der Waals surface area (Å²) < 4.78 is 20.0. The first-order valence-electron chi connectivity index (χ1n) is 8.08. The van der Waals surface area contributed by atoms with Crippen molar-refractivity contribution in [2.75, 3.05) is 24.7 Å². The van der Waals surface area contributed by atoms with Gasteiger partial charge in [-0.3, -0.25) is 0 Å². The van der Waals surface area contributed by atoms with Crippen LogP contribution >= 0.6 is 0 Å². The highest BCUT2D eigenvalue weighted by Crippen LogP contribution is 2.31. The number of hydrogen-bond acceptors (Lipinski definition) is 4. The largest absolute Gasteiger partial charge is 0.377 e. The van der Waals surface area contributed by atoms with Gasteiger partial charge in [0.25, 0.3) is 0 Å². The highest BCUT2D eigenvalue weighted by Gasteiger charge is 2.22. The number of nitrogens with zero attached hydrogens (tertiary/aromatic N) is 3. The Balaban J connectivity index is 1.86. The Morgan fingerprint density at radius 1 is 1.38 bits per heavy atom. The second-order valence-corrected chi connectivity index (χ2v) is 6.23. The molecule has 0 bridgehead atoms. The second kappa shape index (κ2) is 5.87. The first-order valence-corrected chi connectivity index (χ1v) is 8.08. The molecule has 0 radical (unpaired) electrons. The molecule has 124 valence electrons. The van der Waals surface area contributed by atoms with Crippen molar-refractivity contribution in [3.63, 3.8) is 0 Å². The van der Waals surface area contributed by atoms with E-state index in [1.165, 1.54) is 6.20 Å². The van der Waals surface area contributed by atoms with Gasteiger partial charge in [0, 0.05) is 18.1 Å². The number of H-pyrrole nitrogens is 1. The molecule has 1 fully saturated rings. The van der Waals surface area contributed by atoms with Gasteiger partial charge >= 0.3 is 0 Å². The minimum absolute atomic E-state index is 0.243. The van der Waals surface area contributed by atoms with Gasteiger partial charge in [-0.2, -0.15) is 4.39 Å². The lowest BCUT2D eigenvalue weighted by molar-refractivity contribution is 0.0985. The summed E-state index contributed by atoms with van der Waals surface area (Å²) in [4.78, 5) is 13.9. The fourth-order valence-electron chi connectivity index (χ4n) is 3.24. The standard InChI is InChI=1S/C18H19FN4O/c1-11-7-14(17-13-3-4-20-15(13)9-21-18(17)19)22-16(8-11)23-5-6-24-10-12(23)2/h3-4,7-9,12,20H,5-6,10H2,1-2H3/t12-/m1/s1. The number of nitrogens with one attached hydrogen (secondary N) is 1. The predicted octanol–water partition coefficient (Wildman–Crippen LogP) is 3.30. The van der Waals surface area contributed by atoms with E-state index in [4.69, 9.17) is 9.72 Å². The van der Waals surface area contributed by atoms with Crippen LogP contribution < -0.4 is 4.90 Å². The van der Waals surface area contributed by atoms with Gasteiger partial charge < -0.3 is 14.6 Å². The zero-order valence-corrected chi connectivity index (χ0v) is 13.7. The number of aromatic nitrogens is 3. The van der Waals surface area contributed by atoms with Crippen molar-refractivity contribution < 1.29 is 9.13 Å². The van der Waals surface area contributed by atoms with Gasteiger partial charge in [-0.15, -0.1) is 0 Å². The van der Waals surface area contributed by atoms with E-state index < -0.39 is 5.95 Å². The fraction of sp³-hybridized carbons (Fsp3) is 0.333. The number of halogens is 1. The Hall–Kier alpha value is -2.47. The molecule has 0 aliphatic carbocycles. The van der Waals surface area contributed by atoms with Crippen molar-refractivity contribution >= 4 is 16.7 Å². The molecular weight excluding hydrogens is 307 g/mol. The highest BCUT2D eigenvalue weighted by atomic mass is 19.1. The third kappa shape index (κ3) is 2.53. The Morgan fingerprint density at radius 2 is 2.25 bits per heavy atom. The summed E-state index contributed by atoms with van der Waals surface area (Å²) in [6.45, 7) is 6.25. The number of ether oxygens (including phenoxy) is 1. The van der Waals surface area contributed by atoms with E-state index in [0.29, 0.717) is 24.5 Å². The average Bonchev–Trinajstić information content (AvgIpc) is 3.03. The summed E-state index contributed by atoms with van der Waals surface area (Å²) in [5, 5.41) is 0.793. The third-order valence-corrected chi connectivity index (χ3v) is 4.44. The minimum atomic E-state index is -0.499. The summed E-state index contributed by atoms with van der Waals surface area (Å²) in [7, 11) is 0. The lowest BCUT2D eigenvalue weighted by Gasteiger charge is -2.34. The molecule has 1 N–H and O–H groups in total. The summed E-state index contributed by atoms with van der Waals surface area (Å²) in [5.74, 6) is 0.355. The number of fused-ring (bicyclic) bond motifs is 1. The Labute approximate surface area is 139 Å². The van der Waals surface area contributed by atoms with E-state index in [9.17, 15) is 4.39 Å². The Kier molecular flexibility index (Phi) is 3.69. The van der Waals surface area contributed by atoms with Crippen LogP contribution in [0.5, 0.6) is 0 Å². The van der Waals surface area contributed by atoms with Gasteiger partial charge in [0.1, 0.15) is 5.82 Å². The van der Waals surface area contributed by atoms with Crippen molar-refractivity contribution in [1.82, 2.24) is 15.0 Å². The van der Waals surface area contributed by atoms with E-state index in [2.05, 4.69) is 21.8 Å². The zero-order chi connectivity index (χ0) is 16.7. The average molecular weight is 326 g/mol. The molecule has 1 aliphatic heterocycles. The quantitative estimate of drug-likeness (QED) is 0.734. The maximum atomic E-state index is 14.5. The summed E-state index contributed by atoms with van der Waals surface area (Å²) in [6.07, 6.45) is 3.30. The molecule has 3 aromatic rings. The molecule has 5 nitrogen and oxygen atoms in total. The van der Waals surface area contributed by atoms with Crippen molar-refractivity contribution in [1.29, 1.82) is 0 Å². The van der Waals surface area contributed by atoms with Crippen molar-refractivity contribution in [3.8, 4) is 11.3 Å². The molecule has 3 aromatic heterocycles. The molecule has 0 saturated carbocycles. The molecule has 0 spiro atoms. The first kappa shape index (κ1) is 15.1. The maximum Gasteiger partial charge on any atom is 0.223 e. The van der Waals surface area contributed by atoms with Gasteiger partial charge in [0.05, 0.1) is 42.2 Å². The van der Waals surface area contributed by atoms with Crippen LogP contribution in [0.3, 0.4) is 0 Å². The monoisotopic (exact) mass is 326 g/mol. The van der Waals surface area contributed by atoms with E-state index in [1.807, 2.05) is 25.1 Å². The summed E-state index contributed by atoms with van der Waals surface area (Å²) >= 11 is 0. The summed E-state index contributed by atoms with van der Waals surface area (Å²) in [6, 6.07) is 6.04. The number of morpholine rings is 1. The lowest BCUT2D eigenvalue weighted by Crippen LogP contribution is -2.44. The zero-order valence-electron chi connectivity index (χ0n) is 13.7. The molecule has 0 aromatic carbocycles. The number of aryl methyl sites for hydroxylation is 1. The van der Waals surface area contributed by atoms with E-state index in [0.717, 1.165) is 28.8 Å². The number of anilines is 1. The van der Waals surface area contributed by atoms with Gasteiger partial charge in [0.15, 0.2) is 0 Å². The van der Waals surface area contributed by atoms with Crippen LogP contribution in [0, 0.1) is 12.9 Å². The number of pyridine rings is 2. The Bertz CT molecular complexity index is 892. The minimum Gasteiger partial charge on any atom is -0.377 e. The number of rotatable bonds is 2. The van der Waals surface area contributed by atoms with Gasteiger partial charge in [-0.05, 0) is 37.6 Å². The van der Waals surface area contributed by atoms with Crippen LogP contribution in [0.1, 0.15) is 12.5 Å². The van der Waals surface area contributed by atoms with Crippen LogP contribution in [0.25, 0.3) is 22.2 Å². The molecule has 24 heavy (non-hydrogen) atoms. The van der Waals surface area contributed by atoms with Crippen molar-refractivity contribution in [3.05, 3.63) is 42.1 Å². The third-order valence-electron chi connectivity index (χ3n) is 4.44. The molecule has 4 heterocycles. The smallest absolute Gasteiger partial charge is 0.223 e. The molecule has 6 heteroatoms. The maximum absolute atomic E-state index is 14.5. The van der Waals surface area contributed by atoms with E-state index in [1.54, 1.807) is 6.20 Å². The van der Waals surface area contributed by atoms with Crippen LogP contribution in [0.15, 0.2) is 30.6 Å². The molecule has 0 unspecified atom stereocenters. The highest BCUT2D eigenvalue weighted by molar-refractivity contribution is 5.93. The van der Waals surface area contributed by atoms with Gasteiger partial charge in [-0.25, -0.2) is 9.97 Å². The SMILES string of the molecule is Cc1cc(-c2c(F)ncc3[nH]ccc23)nc(N2CCOC[C@H]2C)c1. The van der Waals surface area contributed by atoms with Gasteiger partial charge in [0.2, 0.25) is 5.95 Å². The van der Waals surface area contributed by atoms with Crippen molar-refractivity contribution in [2.45, 2.75) is 19.9 Å². The van der Waals surface area contributed by atoms with Gasteiger partial charge in [-0.1, -0.05) is 0 Å². The first-order chi connectivity index (χ1) is 11.6. The predicted molar refractivity (Wildman–Crippen MR) is 91.6 cm³/mol. The van der Waals surface area contributed by atoms with Crippen LogP contribution in [0.2, 0.25) is 0 Å². The summed E-state index contributed by atoms with van der Waals surface area (Å²) in [5.41, 5.74) is 2.90. The van der Waals surface area contributed by atoms with Crippen LogP contribution in [-0.4, -0.2) is 40.8 Å².